The highest BCUT2D eigenvalue weighted by atomic mass is 32.2. The molecule has 4 heteroatoms. The average molecular weight is 202 g/mol. The van der Waals surface area contributed by atoms with Crippen molar-refractivity contribution in [3.63, 3.8) is 0 Å². The molecule has 1 fully saturated rings. The maximum absolute atomic E-state index is 11.4. The van der Waals surface area contributed by atoms with Crippen LogP contribution in [0.5, 0.6) is 0 Å². The Balaban J connectivity index is 2.25. The SMILES string of the molecule is O=C(O)CSC(=O)C1CCCCC1. The lowest BCUT2D eigenvalue weighted by atomic mass is 9.90. The number of carbonyl (C=O) groups excluding carboxylic acids is 1. The highest BCUT2D eigenvalue weighted by Gasteiger charge is 2.21. The zero-order chi connectivity index (χ0) is 9.68. The standard InChI is InChI=1S/C9H14O3S/c10-8(11)6-13-9(12)7-4-2-1-3-5-7/h7H,1-6H2,(H,10,11). The van der Waals surface area contributed by atoms with Gasteiger partial charge in [-0.3, -0.25) is 9.59 Å². The second-order valence-corrected chi connectivity index (χ2v) is 4.32. The molecule has 0 radical (unpaired) electrons. The van der Waals surface area contributed by atoms with Crippen molar-refractivity contribution < 1.29 is 14.7 Å². The molecule has 74 valence electrons. The number of rotatable bonds is 3. The third-order valence-corrected chi connectivity index (χ3v) is 3.29. The van der Waals surface area contributed by atoms with Gasteiger partial charge in [-0.2, -0.15) is 0 Å². The first-order valence-electron chi connectivity index (χ1n) is 4.58. The quantitative estimate of drug-likeness (QED) is 0.759. The molecule has 1 aliphatic rings. The number of hydrogen-bond donors (Lipinski definition) is 1. The van der Waals surface area contributed by atoms with E-state index >= 15 is 0 Å². The third kappa shape index (κ3) is 3.81. The van der Waals surface area contributed by atoms with E-state index in [-0.39, 0.29) is 16.8 Å². The maximum Gasteiger partial charge on any atom is 0.313 e. The Morgan fingerprint density at radius 1 is 1.23 bits per heavy atom. The van der Waals surface area contributed by atoms with Gasteiger partial charge in [0.1, 0.15) is 0 Å². The fraction of sp³-hybridized carbons (Fsp3) is 0.778. The van der Waals surface area contributed by atoms with Gasteiger partial charge >= 0.3 is 5.97 Å². The predicted octanol–water partition coefficient (Wildman–Crippen LogP) is 1.91. The smallest absolute Gasteiger partial charge is 0.313 e. The van der Waals surface area contributed by atoms with E-state index in [1.54, 1.807) is 0 Å². The van der Waals surface area contributed by atoms with E-state index in [1.807, 2.05) is 0 Å². The summed E-state index contributed by atoms with van der Waals surface area (Å²) in [6.07, 6.45) is 5.35. The van der Waals surface area contributed by atoms with Crippen molar-refractivity contribution in [2.45, 2.75) is 32.1 Å². The Morgan fingerprint density at radius 3 is 2.38 bits per heavy atom. The van der Waals surface area contributed by atoms with Gasteiger partial charge in [-0.1, -0.05) is 31.0 Å². The van der Waals surface area contributed by atoms with Gasteiger partial charge < -0.3 is 5.11 Å². The Labute approximate surface area is 81.9 Å². The molecule has 0 aromatic rings. The molecule has 13 heavy (non-hydrogen) atoms. The molecule has 0 aromatic heterocycles. The molecule has 0 bridgehead atoms. The van der Waals surface area contributed by atoms with E-state index in [0.29, 0.717) is 0 Å². The lowest BCUT2D eigenvalue weighted by Crippen LogP contribution is -2.16. The van der Waals surface area contributed by atoms with Crippen molar-refractivity contribution in [1.82, 2.24) is 0 Å². The van der Waals surface area contributed by atoms with Gasteiger partial charge in [0.15, 0.2) is 5.12 Å². The van der Waals surface area contributed by atoms with Crippen LogP contribution in [-0.4, -0.2) is 21.9 Å². The molecule has 0 heterocycles. The Morgan fingerprint density at radius 2 is 1.85 bits per heavy atom. The van der Waals surface area contributed by atoms with Crippen LogP contribution in [0, 0.1) is 5.92 Å². The Hall–Kier alpha value is -0.510. The van der Waals surface area contributed by atoms with Crippen molar-refractivity contribution in [3.8, 4) is 0 Å². The van der Waals surface area contributed by atoms with E-state index in [0.717, 1.165) is 37.4 Å². The average Bonchev–Trinajstić information content (AvgIpc) is 2.15. The van der Waals surface area contributed by atoms with Crippen LogP contribution in [0.4, 0.5) is 0 Å². The maximum atomic E-state index is 11.4. The molecule has 1 N–H and O–H groups in total. The fourth-order valence-electron chi connectivity index (χ4n) is 1.59. The highest BCUT2D eigenvalue weighted by Crippen LogP contribution is 2.27. The minimum absolute atomic E-state index is 0.0714. The van der Waals surface area contributed by atoms with Crippen molar-refractivity contribution >= 4 is 22.8 Å². The van der Waals surface area contributed by atoms with Crippen molar-refractivity contribution in [2.75, 3.05) is 5.75 Å². The monoisotopic (exact) mass is 202 g/mol. The summed E-state index contributed by atoms with van der Waals surface area (Å²) in [4.78, 5) is 21.6. The van der Waals surface area contributed by atoms with Crippen LogP contribution < -0.4 is 0 Å². The number of carboxylic acid groups (broad SMARTS) is 1. The summed E-state index contributed by atoms with van der Waals surface area (Å²) in [6, 6.07) is 0. The van der Waals surface area contributed by atoms with Gasteiger partial charge in [-0.15, -0.1) is 0 Å². The first kappa shape index (κ1) is 10.6. The van der Waals surface area contributed by atoms with Crippen LogP contribution in [0.2, 0.25) is 0 Å². The lowest BCUT2D eigenvalue weighted by molar-refractivity contribution is -0.134. The largest absolute Gasteiger partial charge is 0.481 e. The van der Waals surface area contributed by atoms with Crippen molar-refractivity contribution in [2.24, 2.45) is 5.92 Å². The summed E-state index contributed by atoms with van der Waals surface area (Å²) in [5, 5.41) is 8.46. The second-order valence-electron chi connectivity index (χ2n) is 3.34. The highest BCUT2D eigenvalue weighted by molar-refractivity contribution is 8.14. The summed E-state index contributed by atoms with van der Waals surface area (Å²) in [5.41, 5.74) is 0. The molecule has 0 saturated heterocycles. The minimum Gasteiger partial charge on any atom is -0.481 e. The van der Waals surface area contributed by atoms with Crippen molar-refractivity contribution in [3.05, 3.63) is 0 Å². The van der Waals surface area contributed by atoms with E-state index < -0.39 is 5.97 Å². The zero-order valence-corrected chi connectivity index (χ0v) is 8.31. The van der Waals surface area contributed by atoms with Crippen LogP contribution in [0.1, 0.15) is 32.1 Å². The zero-order valence-electron chi connectivity index (χ0n) is 7.49. The third-order valence-electron chi connectivity index (χ3n) is 2.28. The van der Waals surface area contributed by atoms with Crippen LogP contribution in [0.3, 0.4) is 0 Å². The van der Waals surface area contributed by atoms with Gasteiger partial charge in [0.25, 0.3) is 0 Å². The van der Waals surface area contributed by atoms with Crippen LogP contribution in [0.15, 0.2) is 0 Å². The molecule has 0 spiro atoms. The molecule has 1 aliphatic carbocycles. The summed E-state index contributed by atoms with van der Waals surface area (Å²) >= 11 is 0.953. The fourth-order valence-corrected chi connectivity index (χ4v) is 2.33. The molecule has 0 aromatic carbocycles. The number of carbonyl (C=O) groups is 2. The molecular weight excluding hydrogens is 188 g/mol. The molecule has 0 aliphatic heterocycles. The molecule has 3 nitrogen and oxygen atoms in total. The first-order valence-corrected chi connectivity index (χ1v) is 5.57. The first-order chi connectivity index (χ1) is 6.20. The summed E-state index contributed by atoms with van der Waals surface area (Å²) in [5.74, 6) is -0.873. The topological polar surface area (TPSA) is 54.4 Å². The van der Waals surface area contributed by atoms with Gasteiger partial charge in [-0.25, -0.2) is 0 Å². The normalized spacial score (nSPS) is 18.5. The second kappa shape index (κ2) is 5.27. The Bertz CT molecular complexity index is 197. The molecule has 0 unspecified atom stereocenters. The number of aliphatic carboxylic acids is 1. The van der Waals surface area contributed by atoms with Crippen LogP contribution in [0.25, 0.3) is 0 Å². The van der Waals surface area contributed by atoms with Gasteiger partial charge in [-0.05, 0) is 12.8 Å². The molecule has 0 amide bonds. The summed E-state index contributed by atoms with van der Waals surface area (Å²) in [7, 11) is 0. The van der Waals surface area contributed by atoms with Crippen molar-refractivity contribution in [1.29, 1.82) is 0 Å². The van der Waals surface area contributed by atoms with E-state index in [2.05, 4.69) is 0 Å². The minimum atomic E-state index is -0.908. The summed E-state index contributed by atoms with van der Waals surface area (Å²) < 4.78 is 0. The molecular formula is C9H14O3S. The molecule has 1 saturated carbocycles. The lowest BCUT2D eigenvalue weighted by Gasteiger charge is -2.19. The molecule has 1 rings (SSSR count). The van der Waals surface area contributed by atoms with E-state index in [9.17, 15) is 9.59 Å². The van der Waals surface area contributed by atoms with Crippen LogP contribution in [-0.2, 0) is 9.59 Å². The van der Waals surface area contributed by atoms with E-state index in [4.69, 9.17) is 5.11 Å². The van der Waals surface area contributed by atoms with Gasteiger partial charge in [0.2, 0.25) is 0 Å². The van der Waals surface area contributed by atoms with Gasteiger partial charge in [0.05, 0.1) is 5.75 Å². The predicted molar refractivity (Wildman–Crippen MR) is 51.7 cm³/mol. The number of hydrogen-bond acceptors (Lipinski definition) is 3. The van der Waals surface area contributed by atoms with Crippen LogP contribution >= 0.6 is 11.8 Å². The number of thioether (sulfide) groups is 1. The molecule has 0 atom stereocenters. The Kier molecular flexibility index (Phi) is 4.28. The van der Waals surface area contributed by atoms with Gasteiger partial charge in [0, 0.05) is 5.92 Å². The summed E-state index contributed by atoms with van der Waals surface area (Å²) in [6.45, 7) is 0. The van der Waals surface area contributed by atoms with E-state index in [1.165, 1.54) is 6.42 Å². The number of carboxylic acids is 1.